The second-order valence-electron chi connectivity index (χ2n) is 18.3. The molecule has 338 valence electrons. The second kappa shape index (κ2) is 41.6. The van der Waals surface area contributed by atoms with Crippen LogP contribution in [0.3, 0.4) is 0 Å². The van der Waals surface area contributed by atoms with Gasteiger partial charge in [-0.25, -0.2) is 0 Å². The maximum atomic E-state index is 13.1. The van der Waals surface area contributed by atoms with Gasteiger partial charge in [0.2, 0.25) is 0 Å². The molecule has 1 heterocycles. The second-order valence-corrected chi connectivity index (χ2v) is 18.3. The third-order valence-corrected chi connectivity index (χ3v) is 12.7. The van der Waals surface area contributed by atoms with Crippen LogP contribution < -0.4 is 0 Å². The lowest BCUT2D eigenvalue weighted by Gasteiger charge is -2.25. The number of hydrogen-bond donors (Lipinski definition) is 0. The van der Waals surface area contributed by atoms with Gasteiger partial charge in [0, 0.05) is 26.1 Å². The number of unbranched alkanes of at least 4 members (excludes halogenated alkanes) is 22. The molecule has 0 aliphatic carbocycles. The van der Waals surface area contributed by atoms with E-state index < -0.39 is 0 Å². The van der Waals surface area contributed by atoms with Crippen LogP contribution in [0.1, 0.15) is 252 Å². The van der Waals surface area contributed by atoms with Crippen molar-refractivity contribution in [1.29, 1.82) is 0 Å². The molecule has 0 aromatic rings. The summed E-state index contributed by atoms with van der Waals surface area (Å²) in [5.41, 5.74) is 0. The van der Waals surface area contributed by atoms with E-state index in [-0.39, 0.29) is 11.9 Å². The summed E-state index contributed by atoms with van der Waals surface area (Å²) >= 11 is 0. The Kier molecular flexibility index (Phi) is 39.3. The van der Waals surface area contributed by atoms with Gasteiger partial charge in [0.05, 0.1) is 19.6 Å². The van der Waals surface area contributed by atoms with Crippen LogP contribution in [-0.4, -0.2) is 74.2 Å². The molecule has 1 aliphatic rings. The van der Waals surface area contributed by atoms with Crippen LogP contribution in [0.15, 0.2) is 0 Å². The molecule has 1 rings (SSSR count). The van der Waals surface area contributed by atoms with E-state index in [1.54, 1.807) is 0 Å². The Hall–Kier alpha value is -1.14. The van der Waals surface area contributed by atoms with Crippen molar-refractivity contribution in [3.63, 3.8) is 0 Å². The third-order valence-electron chi connectivity index (χ3n) is 12.7. The van der Waals surface area contributed by atoms with Gasteiger partial charge < -0.3 is 19.3 Å². The Morgan fingerprint density at radius 3 is 1.25 bits per heavy atom. The summed E-state index contributed by atoms with van der Waals surface area (Å²) in [7, 11) is 0. The molecule has 0 aromatic carbocycles. The first-order chi connectivity index (χ1) is 28.0. The van der Waals surface area contributed by atoms with Gasteiger partial charge in [-0.2, -0.15) is 0 Å². The fourth-order valence-electron chi connectivity index (χ4n) is 8.70. The van der Waals surface area contributed by atoms with E-state index >= 15 is 0 Å². The Morgan fingerprint density at radius 1 is 0.439 bits per heavy atom. The van der Waals surface area contributed by atoms with Gasteiger partial charge in [-0.05, 0) is 82.8 Å². The maximum Gasteiger partial charge on any atom is 0.307 e. The summed E-state index contributed by atoms with van der Waals surface area (Å²) < 4.78 is 11.9. The summed E-state index contributed by atoms with van der Waals surface area (Å²) in [6.07, 6.45) is 43.1. The van der Waals surface area contributed by atoms with Gasteiger partial charge in [0.15, 0.2) is 0 Å². The van der Waals surface area contributed by atoms with Crippen molar-refractivity contribution in [2.24, 2.45) is 11.8 Å². The molecule has 57 heavy (non-hydrogen) atoms. The number of hydrogen-bond acceptors (Lipinski definition) is 6. The zero-order valence-corrected chi connectivity index (χ0v) is 39.1. The highest BCUT2D eigenvalue weighted by atomic mass is 16.5. The molecule has 1 fully saturated rings. The van der Waals surface area contributed by atoms with Crippen molar-refractivity contribution in [1.82, 2.24) is 9.80 Å². The zero-order valence-electron chi connectivity index (χ0n) is 39.1. The lowest BCUT2D eigenvalue weighted by atomic mass is 9.94. The molecule has 0 amide bonds. The molecule has 0 radical (unpaired) electrons. The van der Waals surface area contributed by atoms with Crippen LogP contribution in [0, 0.1) is 11.8 Å². The van der Waals surface area contributed by atoms with E-state index in [0.717, 1.165) is 45.4 Å². The molecule has 0 spiro atoms. The van der Waals surface area contributed by atoms with Crippen molar-refractivity contribution < 1.29 is 19.1 Å². The molecule has 2 atom stereocenters. The third kappa shape index (κ3) is 35.3. The molecule has 2 unspecified atom stereocenters. The predicted molar refractivity (Wildman–Crippen MR) is 246 cm³/mol. The average molecular weight is 805 g/mol. The number of likely N-dealkylation sites (tertiary alicyclic amines) is 1. The monoisotopic (exact) mass is 805 g/mol. The molecule has 6 heteroatoms. The van der Waals surface area contributed by atoms with E-state index in [9.17, 15) is 9.59 Å². The number of carbonyl (C=O) groups excluding carboxylic acids is 2. The summed E-state index contributed by atoms with van der Waals surface area (Å²) in [6.45, 7) is 16.6. The van der Waals surface area contributed by atoms with E-state index in [1.165, 1.54) is 206 Å². The summed E-state index contributed by atoms with van der Waals surface area (Å²) in [5, 5.41) is 0. The molecule has 1 aliphatic heterocycles. The summed E-state index contributed by atoms with van der Waals surface area (Å²) in [6, 6.07) is 0. The van der Waals surface area contributed by atoms with Crippen molar-refractivity contribution in [2.75, 3.05) is 52.5 Å². The number of carbonyl (C=O) groups is 2. The van der Waals surface area contributed by atoms with Crippen molar-refractivity contribution >= 4 is 11.9 Å². The Balaban J connectivity index is 2.47. The van der Waals surface area contributed by atoms with Crippen LogP contribution >= 0.6 is 0 Å². The van der Waals surface area contributed by atoms with Crippen molar-refractivity contribution in [3.05, 3.63) is 0 Å². The average Bonchev–Trinajstić information content (AvgIpc) is 3.75. The molecular formula is C51H100N2O4. The molecular weight excluding hydrogens is 705 g/mol. The number of ether oxygens (including phenoxy) is 2. The highest BCUT2D eigenvalue weighted by molar-refractivity contribution is 5.69. The first-order valence-corrected chi connectivity index (χ1v) is 25.8. The van der Waals surface area contributed by atoms with Gasteiger partial charge in [-0.1, -0.05) is 188 Å². The summed E-state index contributed by atoms with van der Waals surface area (Å²) in [4.78, 5) is 30.9. The van der Waals surface area contributed by atoms with Crippen LogP contribution in [0.25, 0.3) is 0 Å². The van der Waals surface area contributed by atoms with E-state index in [0.29, 0.717) is 37.9 Å². The lowest BCUT2D eigenvalue weighted by Crippen LogP contribution is -2.36. The number of rotatable bonds is 44. The molecule has 1 saturated heterocycles. The topological polar surface area (TPSA) is 59.1 Å². The fraction of sp³-hybridized carbons (Fsp3) is 0.961. The van der Waals surface area contributed by atoms with E-state index in [4.69, 9.17) is 9.47 Å². The number of esters is 2. The van der Waals surface area contributed by atoms with Gasteiger partial charge in [0.1, 0.15) is 0 Å². The van der Waals surface area contributed by atoms with Gasteiger partial charge in [-0.3, -0.25) is 9.59 Å². The first-order valence-electron chi connectivity index (χ1n) is 25.8. The van der Waals surface area contributed by atoms with E-state index in [2.05, 4.69) is 37.5 Å². The number of nitrogens with zero attached hydrogens (tertiary/aromatic N) is 2. The molecule has 0 bridgehead atoms. The fourth-order valence-corrected chi connectivity index (χ4v) is 8.70. The molecule has 0 aromatic heterocycles. The minimum atomic E-state index is -0.0204. The predicted octanol–water partition coefficient (Wildman–Crippen LogP) is 14.7. The quantitative estimate of drug-likeness (QED) is 0.0452. The van der Waals surface area contributed by atoms with Crippen molar-refractivity contribution in [2.45, 2.75) is 252 Å². The highest BCUT2D eigenvalue weighted by Crippen LogP contribution is 2.22. The lowest BCUT2D eigenvalue weighted by molar-refractivity contribution is -0.146. The maximum absolute atomic E-state index is 13.1. The molecule has 6 nitrogen and oxygen atoms in total. The molecule has 0 saturated carbocycles. The normalized spacial score (nSPS) is 14.4. The van der Waals surface area contributed by atoms with Crippen LogP contribution in [0.5, 0.6) is 0 Å². The smallest absolute Gasteiger partial charge is 0.307 e. The van der Waals surface area contributed by atoms with E-state index in [1.807, 2.05) is 0 Å². The Bertz CT molecular complexity index is 862. The SMILES string of the molecule is CCCCCCCCCCC(CCCCCCCC)COC(=O)CCN(CCCCCC(=O)OCC(CCCCCC)CCCCCCCC)CCN1CCCC1. The minimum Gasteiger partial charge on any atom is -0.465 e. The van der Waals surface area contributed by atoms with Crippen molar-refractivity contribution in [3.8, 4) is 0 Å². The molecule has 0 N–H and O–H groups in total. The largest absolute Gasteiger partial charge is 0.465 e. The first kappa shape index (κ1) is 53.9. The minimum absolute atomic E-state index is 0.0117. The highest BCUT2D eigenvalue weighted by Gasteiger charge is 2.17. The Morgan fingerprint density at radius 2 is 0.807 bits per heavy atom. The Labute approximate surface area is 356 Å². The van der Waals surface area contributed by atoms with Crippen LogP contribution in [0.4, 0.5) is 0 Å². The van der Waals surface area contributed by atoms with Gasteiger partial charge in [0.25, 0.3) is 0 Å². The van der Waals surface area contributed by atoms with Gasteiger partial charge in [-0.15, -0.1) is 0 Å². The van der Waals surface area contributed by atoms with Crippen LogP contribution in [-0.2, 0) is 19.1 Å². The van der Waals surface area contributed by atoms with Gasteiger partial charge >= 0.3 is 11.9 Å². The standard InChI is InChI=1S/C51H100N2O4/c1-5-9-13-17-20-21-24-29-37-49(36-28-23-19-15-11-7-3)47-57-51(55)39-43-53(45-44-52-41-32-33-42-52)40-31-25-30-38-50(54)56-46-48(34-26-16-12-8-4)35-27-22-18-14-10-6-2/h48-49H,5-47H2,1-4H3. The van der Waals surface area contributed by atoms with Crippen LogP contribution in [0.2, 0.25) is 0 Å². The zero-order chi connectivity index (χ0) is 41.3. The summed E-state index contributed by atoms with van der Waals surface area (Å²) in [5.74, 6) is 0.999.